The highest BCUT2D eigenvalue weighted by Crippen LogP contribution is 2.31. The Bertz CT molecular complexity index is 1050. The number of anilines is 1. The first-order valence-electron chi connectivity index (χ1n) is 9.87. The molecule has 9 heteroatoms. The molecular weight excluding hydrogens is 406 g/mol. The van der Waals surface area contributed by atoms with E-state index in [0.29, 0.717) is 36.0 Å². The van der Waals surface area contributed by atoms with E-state index >= 15 is 0 Å². The van der Waals surface area contributed by atoms with Gasteiger partial charge in [0.2, 0.25) is 6.10 Å². The van der Waals surface area contributed by atoms with Crippen LogP contribution in [-0.4, -0.2) is 39.4 Å². The van der Waals surface area contributed by atoms with Crippen LogP contribution in [0, 0.1) is 0 Å². The first-order valence-corrected chi connectivity index (χ1v) is 11.4. The molecule has 158 valence electrons. The van der Waals surface area contributed by atoms with E-state index in [1.165, 1.54) is 12.1 Å². The Morgan fingerprint density at radius 2 is 1.77 bits per heavy atom. The van der Waals surface area contributed by atoms with E-state index in [4.69, 9.17) is 9.47 Å². The predicted molar refractivity (Wildman–Crippen MR) is 113 cm³/mol. The average molecular weight is 429 g/mol. The highest BCUT2D eigenvalue weighted by molar-refractivity contribution is 7.90. The zero-order valence-electron chi connectivity index (χ0n) is 16.3. The number of amidine groups is 1. The van der Waals surface area contributed by atoms with Gasteiger partial charge in [-0.05, 0) is 49.2 Å². The third-order valence-corrected chi connectivity index (χ3v) is 6.26. The molecule has 0 unspecified atom stereocenters. The first-order chi connectivity index (χ1) is 14.5. The normalized spacial score (nSPS) is 18.7. The maximum atomic E-state index is 12.6. The summed E-state index contributed by atoms with van der Waals surface area (Å²) in [4.78, 5) is 16.9. The molecule has 2 aliphatic rings. The van der Waals surface area contributed by atoms with Gasteiger partial charge >= 0.3 is 0 Å². The van der Waals surface area contributed by atoms with Crippen LogP contribution < -0.4 is 19.5 Å². The monoisotopic (exact) mass is 429 g/mol. The van der Waals surface area contributed by atoms with E-state index in [0.717, 1.165) is 19.3 Å². The van der Waals surface area contributed by atoms with Crippen LogP contribution in [0.4, 0.5) is 5.69 Å². The van der Waals surface area contributed by atoms with Gasteiger partial charge in [0.1, 0.15) is 12.4 Å². The van der Waals surface area contributed by atoms with Gasteiger partial charge in [-0.1, -0.05) is 18.6 Å². The molecule has 0 radical (unpaired) electrons. The van der Waals surface area contributed by atoms with Crippen molar-refractivity contribution in [2.75, 3.05) is 18.5 Å². The molecular formula is C21H23N3O5S. The molecule has 30 heavy (non-hydrogen) atoms. The number of aliphatic imine (C=N–C) groups is 1. The smallest absolute Gasteiger partial charge is 0.269 e. The lowest BCUT2D eigenvalue weighted by Gasteiger charge is -2.25. The summed E-state index contributed by atoms with van der Waals surface area (Å²) in [5.41, 5.74) is 0.466. The quantitative estimate of drug-likeness (QED) is 0.777. The van der Waals surface area contributed by atoms with Gasteiger partial charge in [-0.15, -0.1) is 0 Å². The van der Waals surface area contributed by atoms with Gasteiger partial charge in [0.25, 0.3) is 15.9 Å². The zero-order valence-corrected chi connectivity index (χ0v) is 17.2. The minimum Gasteiger partial charge on any atom is -0.485 e. The number of benzene rings is 2. The highest BCUT2D eigenvalue weighted by atomic mass is 32.2. The summed E-state index contributed by atoms with van der Waals surface area (Å²) in [5, 5.41) is 2.73. The second kappa shape index (κ2) is 8.74. The van der Waals surface area contributed by atoms with Crippen LogP contribution in [-0.2, 0) is 14.8 Å². The molecule has 1 atom stereocenters. The summed E-state index contributed by atoms with van der Waals surface area (Å²) in [5.74, 6) is 1.24. The Morgan fingerprint density at radius 3 is 2.57 bits per heavy atom. The number of nitrogens with zero attached hydrogens (tertiary/aromatic N) is 1. The van der Waals surface area contributed by atoms with Crippen molar-refractivity contribution in [3.8, 4) is 11.5 Å². The van der Waals surface area contributed by atoms with Gasteiger partial charge in [-0.25, -0.2) is 8.42 Å². The average Bonchev–Trinajstić information content (AvgIpc) is 3.02. The third kappa shape index (κ3) is 4.73. The molecule has 0 saturated carbocycles. The zero-order chi connectivity index (χ0) is 21.0. The van der Waals surface area contributed by atoms with E-state index in [2.05, 4.69) is 15.0 Å². The van der Waals surface area contributed by atoms with Crippen LogP contribution in [0.15, 0.2) is 58.4 Å². The molecule has 8 nitrogen and oxygen atoms in total. The summed E-state index contributed by atoms with van der Waals surface area (Å²) < 4.78 is 39.0. The third-order valence-electron chi connectivity index (χ3n) is 4.86. The van der Waals surface area contributed by atoms with Gasteiger partial charge in [0, 0.05) is 18.7 Å². The van der Waals surface area contributed by atoms with Crippen LogP contribution >= 0.6 is 0 Å². The fourth-order valence-corrected chi connectivity index (χ4v) is 4.35. The fourth-order valence-electron chi connectivity index (χ4n) is 3.26. The van der Waals surface area contributed by atoms with Crippen molar-refractivity contribution in [2.24, 2.45) is 4.99 Å². The van der Waals surface area contributed by atoms with Gasteiger partial charge in [0.15, 0.2) is 11.5 Å². The van der Waals surface area contributed by atoms with Crippen molar-refractivity contribution in [3.63, 3.8) is 0 Å². The number of ether oxygens (including phenoxy) is 2. The maximum absolute atomic E-state index is 12.6. The van der Waals surface area contributed by atoms with Crippen molar-refractivity contribution in [3.05, 3.63) is 48.5 Å². The van der Waals surface area contributed by atoms with Gasteiger partial charge in [-0.2, -0.15) is 0 Å². The minimum atomic E-state index is -3.71. The SMILES string of the molecule is O=C(Nc1ccc(S(=O)(=O)NC2=NCCCCC2)cc1)[C@@H]1COc2ccccc2O1. The van der Waals surface area contributed by atoms with E-state index in [9.17, 15) is 13.2 Å². The molecule has 0 spiro atoms. The number of carbonyl (C=O) groups is 1. The molecule has 2 N–H and O–H groups in total. The van der Waals surface area contributed by atoms with Gasteiger partial charge < -0.3 is 14.8 Å². The van der Waals surface area contributed by atoms with Crippen LogP contribution in [0.2, 0.25) is 0 Å². The number of nitrogens with one attached hydrogen (secondary N) is 2. The molecule has 0 fully saturated rings. The van der Waals surface area contributed by atoms with Crippen LogP contribution in [0.5, 0.6) is 11.5 Å². The van der Waals surface area contributed by atoms with Crippen molar-refractivity contribution in [1.29, 1.82) is 0 Å². The molecule has 4 rings (SSSR count). The number of carbonyl (C=O) groups excluding carboxylic acids is 1. The van der Waals surface area contributed by atoms with Gasteiger partial charge in [-0.3, -0.25) is 14.5 Å². The maximum Gasteiger partial charge on any atom is 0.269 e. The number of hydrogen-bond donors (Lipinski definition) is 2. The Labute approximate surface area is 175 Å². The van der Waals surface area contributed by atoms with E-state index in [1.807, 2.05) is 6.07 Å². The lowest BCUT2D eigenvalue weighted by atomic mass is 10.2. The summed E-state index contributed by atoms with van der Waals surface area (Å²) in [7, 11) is -3.71. The Morgan fingerprint density at radius 1 is 1.00 bits per heavy atom. The first kappa shape index (κ1) is 20.2. The Hall–Kier alpha value is -3.07. The molecule has 0 bridgehead atoms. The molecule has 1 amide bonds. The second-order valence-corrected chi connectivity index (χ2v) is 8.80. The van der Waals surface area contributed by atoms with E-state index in [-0.39, 0.29) is 17.4 Å². The molecule has 0 saturated heterocycles. The molecule has 0 aliphatic carbocycles. The Kier molecular flexibility index (Phi) is 5.89. The highest BCUT2D eigenvalue weighted by Gasteiger charge is 2.27. The number of sulfonamides is 1. The van der Waals surface area contributed by atoms with Crippen molar-refractivity contribution in [2.45, 2.75) is 36.7 Å². The van der Waals surface area contributed by atoms with E-state index < -0.39 is 16.1 Å². The topological polar surface area (TPSA) is 106 Å². The number of fused-ring (bicyclic) bond motifs is 1. The van der Waals surface area contributed by atoms with Crippen LogP contribution in [0.3, 0.4) is 0 Å². The lowest BCUT2D eigenvalue weighted by molar-refractivity contribution is -0.125. The number of rotatable bonds is 4. The number of hydrogen-bond acceptors (Lipinski definition) is 6. The van der Waals surface area contributed by atoms with Crippen LogP contribution in [0.1, 0.15) is 25.7 Å². The molecule has 2 aromatic carbocycles. The molecule has 2 heterocycles. The molecule has 2 aliphatic heterocycles. The second-order valence-electron chi connectivity index (χ2n) is 7.12. The largest absolute Gasteiger partial charge is 0.485 e. The van der Waals surface area contributed by atoms with Crippen molar-refractivity contribution < 1.29 is 22.7 Å². The predicted octanol–water partition coefficient (Wildman–Crippen LogP) is 2.72. The van der Waals surface area contributed by atoms with Gasteiger partial charge in [0.05, 0.1) is 4.90 Å². The molecule has 0 aromatic heterocycles. The van der Waals surface area contributed by atoms with Crippen LogP contribution in [0.25, 0.3) is 0 Å². The number of amides is 1. The Balaban J connectivity index is 1.38. The summed E-state index contributed by atoms with van der Waals surface area (Å²) >= 11 is 0. The van der Waals surface area contributed by atoms with Crippen molar-refractivity contribution >= 4 is 27.5 Å². The minimum absolute atomic E-state index is 0.0986. The summed E-state index contributed by atoms with van der Waals surface area (Å²) in [6.45, 7) is 0.738. The number of para-hydroxylation sites is 2. The molecule has 2 aromatic rings. The van der Waals surface area contributed by atoms with Crippen molar-refractivity contribution in [1.82, 2.24) is 4.72 Å². The summed E-state index contributed by atoms with van der Waals surface area (Å²) in [6, 6.07) is 13.1. The standard InChI is InChI=1S/C21H23N3O5S/c25-21(19-14-28-17-6-3-4-7-18(17)29-19)23-15-9-11-16(12-10-15)30(26,27)24-20-8-2-1-5-13-22-20/h3-4,6-7,9-12,19H,1-2,5,8,13-14H2,(H,22,24)(H,23,25)/t19-/m0/s1. The van der Waals surface area contributed by atoms with E-state index in [1.54, 1.807) is 30.3 Å². The fraction of sp³-hybridized carbons (Fsp3) is 0.333. The lowest BCUT2D eigenvalue weighted by Crippen LogP contribution is -2.40. The summed E-state index contributed by atoms with van der Waals surface area (Å²) in [6.07, 6.45) is 2.77.